The topological polar surface area (TPSA) is 29.5 Å². The quantitative estimate of drug-likeness (QED) is 0.800. The first-order valence-corrected chi connectivity index (χ1v) is 7.50. The van der Waals surface area contributed by atoms with Crippen LogP contribution in [0.5, 0.6) is 5.75 Å². The first kappa shape index (κ1) is 13.5. The van der Waals surface area contributed by atoms with E-state index in [-0.39, 0.29) is 11.7 Å². The lowest BCUT2D eigenvalue weighted by Crippen LogP contribution is -2.45. The predicted molar refractivity (Wildman–Crippen MR) is 79.9 cm³/mol. The van der Waals surface area contributed by atoms with E-state index < -0.39 is 0 Å². The number of Topliss-reactive ketones (excluding diaryl/α,β-unsaturated/α-hetero) is 1. The number of carbonyl (C=O) groups excluding carboxylic acids is 1. The van der Waals surface area contributed by atoms with Gasteiger partial charge in [-0.2, -0.15) is 0 Å². The predicted octanol–water partition coefficient (Wildman–Crippen LogP) is 3.37. The van der Waals surface area contributed by atoms with E-state index in [0.717, 1.165) is 37.2 Å². The summed E-state index contributed by atoms with van der Waals surface area (Å²) in [7, 11) is 0. The first-order valence-electron chi connectivity index (χ1n) is 7.12. The minimum absolute atomic E-state index is 0.226. The van der Waals surface area contributed by atoms with E-state index in [0.29, 0.717) is 17.4 Å². The van der Waals surface area contributed by atoms with E-state index in [1.165, 1.54) is 0 Å². The van der Waals surface area contributed by atoms with E-state index in [1.54, 1.807) is 0 Å². The molecular weight excluding hydrogens is 274 g/mol. The molecule has 4 rings (SSSR count). The maximum absolute atomic E-state index is 12.3. The Balaban J connectivity index is 1.88. The summed E-state index contributed by atoms with van der Waals surface area (Å²) in [6, 6.07) is 5.66. The van der Waals surface area contributed by atoms with Crippen LogP contribution in [0.4, 0.5) is 0 Å². The van der Waals surface area contributed by atoms with E-state index in [9.17, 15) is 4.79 Å². The largest absolute Gasteiger partial charge is 0.492 e. The Hall–Kier alpha value is -1.48. The zero-order valence-electron chi connectivity index (χ0n) is 11.6. The molecular formula is C16H18ClNO2. The number of hydrogen-bond donors (Lipinski definition) is 0. The van der Waals surface area contributed by atoms with E-state index in [1.807, 2.05) is 31.2 Å². The van der Waals surface area contributed by atoms with Crippen LogP contribution in [-0.2, 0) is 4.79 Å². The average Bonchev–Trinajstić information content (AvgIpc) is 2.46. The highest BCUT2D eigenvalue weighted by molar-refractivity contribution is 6.32. The third-order valence-electron chi connectivity index (χ3n) is 4.02. The number of hydrogen-bond acceptors (Lipinski definition) is 3. The molecule has 3 aliphatic rings. The van der Waals surface area contributed by atoms with Crippen LogP contribution in [-0.4, -0.2) is 30.4 Å². The molecule has 0 atom stereocenters. The van der Waals surface area contributed by atoms with Crippen LogP contribution in [0.1, 0.15) is 25.3 Å². The molecule has 2 bridgehead atoms. The van der Waals surface area contributed by atoms with Gasteiger partial charge in [-0.1, -0.05) is 17.7 Å². The number of carbonyl (C=O) groups is 1. The van der Waals surface area contributed by atoms with Crippen molar-refractivity contribution < 1.29 is 9.53 Å². The molecule has 1 aromatic carbocycles. The van der Waals surface area contributed by atoms with Crippen molar-refractivity contribution in [3.05, 3.63) is 34.5 Å². The summed E-state index contributed by atoms with van der Waals surface area (Å²) in [5.74, 6) is 1.20. The second-order valence-corrected chi connectivity index (χ2v) is 5.69. The Labute approximate surface area is 124 Å². The standard InChI is InChI=1S/C16H18ClNO2/c1-2-20-15-4-3-11(9-13(15)17)10-14-16(19)12-5-7-18(14)8-6-12/h3-4,9-10,12H,2,5-8H2,1H3/b14-10-. The van der Waals surface area contributed by atoms with Gasteiger partial charge in [0.05, 0.1) is 17.3 Å². The van der Waals surface area contributed by atoms with Gasteiger partial charge in [-0.15, -0.1) is 0 Å². The minimum atomic E-state index is 0.226. The Kier molecular flexibility index (Phi) is 3.70. The molecule has 0 amide bonds. The molecule has 0 aliphatic carbocycles. The number of allylic oxidation sites excluding steroid dienone is 1. The summed E-state index contributed by atoms with van der Waals surface area (Å²) in [6.07, 6.45) is 3.95. The maximum Gasteiger partial charge on any atom is 0.182 e. The molecule has 0 spiro atoms. The smallest absolute Gasteiger partial charge is 0.182 e. The van der Waals surface area contributed by atoms with Gasteiger partial charge in [0.15, 0.2) is 5.78 Å². The van der Waals surface area contributed by atoms with E-state index in [2.05, 4.69) is 4.90 Å². The lowest BCUT2D eigenvalue weighted by molar-refractivity contribution is -0.125. The minimum Gasteiger partial charge on any atom is -0.492 e. The summed E-state index contributed by atoms with van der Waals surface area (Å²) in [5.41, 5.74) is 1.79. The highest BCUT2D eigenvalue weighted by Gasteiger charge is 2.36. The van der Waals surface area contributed by atoms with E-state index >= 15 is 0 Å². The molecule has 3 nitrogen and oxygen atoms in total. The fourth-order valence-corrected chi connectivity index (χ4v) is 3.19. The van der Waals surface area contributed by atoms with Gasteiger partial charge in [-0.05, 0) is 43.5 Å². The van der Waals surface area contributed by atoms with Crippen LogP contribution in [0.15, 0.2) is 23.9 Å². The molecule has 0 aromatic heterocycles. The van der Waals surface area contributed by atoms with Gasteiger partial charge in [0.25, 0.3) is 0 Å². The van der Waals surface area contributed by atoms with Crippen LogP contribution < -0.4 is 4.74 Å². The lowest BCUT2D eigenvalue weighted by Gasteiger charge is -2.41. The number of rotatable bonds is 3. The van der Waals surface area contributed by atoms with Crippen LogP contribution in [0.3, 0.4) is 0 Å². The average molecular weight is 292 g/mol. The van der Waals surface area contributed by atoms with Crippen molar-refractivity contribution in [3.63, 3.8) is 0 Å². The van der Waals surface area contributed by atoms with E-state index in [4.69, 9.17) is 16.3 Å². The number of ketones is 1. The highest BCUT2D eigenvalue weighted by Crippen LogP contribution is 2.33. The Morgan fingerprint density at radius 1 is 1.40 bits per heavy atom. The van der Waals surface area contributed by atoms with Crippen molar-refractivity contribution in [3.8, 4) is 5.75 Å². The van der Waals surface area contributed by atoms with Gasteiger partial charge in [-0.25, -0.2) is 0 Å². The molecule has 0 saturated carbocycles. The monoisotopic (exact) mass is 291 g/mol. The number of halogens is 1. The summed E-state index contributed by atoms with van der Waals surface area (Å²) in [6.45, 7) is 4.50. The van der Waals surface area contributed by atoms with Crippen molar-refractivity contribution in [2.75, 3.05) is 19.7 Å². The SMILES string of the molecule is CCOc1ccc(/C=C2/C(=O)C3CCN2CC3)cc1Cl. The summed E-state index contributed by atoms with van der Waals surface area (Å²) < 4.78 is 5.42. The third-order valence-corrected chi connectivity index (χ3v) is 4.31. The second kappa shape index (κ2) is 5.49. The fraction of sp³-hybridized carbons (Fsp3) is 0.438. The summed E-state index contributed by atoms with van der Waals surface area (Å²) >= 11 is 6.19. The van der Waals surface area contributed by atoms with Crippen molar-refractivity contribution in [1.29, 1.82) is 0 Å². The molecule has 3 fully saturated rings. The first-order chi connectivity index (χ1) is 9.69. The molecule has 0 unspecified atom stereocenters. The lowest BCUT2D eigenvalue weighted by atomic mass is 9.84. The Morgan fingerprint density at radius 2 is 2.15 bits per heavy atom. The van der Waals surface area contributed by atoms with Gasteiger partial charge in [0.1, 0.15) is 5.75 Å². The van der Waals surface area contributed by atoms with Crippen molar-refractivity contribution in [2.24, 2.45) is 5.92 Å². The third kappa shape index (κ3) is 2.42. The second-order valence-electron chi connectivity index (χ2n) is 5.28. The number of benzene rings is 1. The number of nitrogens with zero attached hydrogens (tertiary/aromatic N) is 1. The number of fused-ring (bicyclic) bond motifs is 3. The van der Waals surface area contributed by atoms with Crippen molar-refractivity contribution in [2.45, 2.75) is 19.8 Å². The number of piperidine rings is 3. The molecule has 20 heavy (non-hydrogen) atoms. The van der Waals surface area contributed by atoms with Crippen LogP contribution in [0.2, 0.25) is 5.02 Å². The molecule has 3 aliphatic heterocycles. The molecule has 3 saturated heterocycles. The highest BCUT2D eigenvalue weighted by atomic mass is 35.5. The van der Waals surface area contributed by atoms with Crippen LogP contribution >= 0.6 is 11.6 Å². The molecule has 0 radical (unpaired) electrons. The Morgan fingerprint density at radius 3 is 2.75 bits per heavy atom. The summed E-state index contributed by atoms with van der Waals surface area (Å²) in [5, 5.41) is 0.588. The van der Waals surface area contributed by atoms with Crippen LogP contribution in [0, 0.1) is 5.92 Å². The van der Waals surface area contributed by atoms with Gasteiger partial charge in [0, 0.05) is 19.0 Å². The Bertz CT molecular complexity index is 560. The van der Waals surface area contributed by atoms with Crippen molar-refractivity contribution in [1.82, 2.24) is 4.90 Å². The summed E-state index contributed by atoms with van der Waals surface area (Å²) in [4.78, 5) is 14.5. The van der Waals surface area contributed by atoms with Gasteiger partial charge in [0.2, 0.25) is 0 Å². The number of ether oxygens (including phenoxy) is 1. The van der Waals surface area contributed by atoms with Gasteiger partial charge >= 0.3 is 0 Å². The molecule has 0 N–H and O–H groups in total. The zero-order valence-corrected chi connectivity index (χ0v) is 12.3. The van der Waals surface area contributed by atoms with Gasteiger partial charge < -0.3 is 9.64 Å². The molecule has 106 valence electrons. The molecule has 1 aromatic rings. The van der Waals surface area contributed by atoms with Crippen molar-refractivity contribution >= 4 is 23.5 Å². The molecule has 3 heterocycles. The maximum atomic E-state index is 12.3. The normalized spacial score (nSPS) is 20.8. The fourth-order valence-electron chi connectivity index (χ4n) is 2.95. The zero-order chi connectivity index (χ0) is 14.1. The molecule has 4 heteroatoms. The van der Waals surface area contributed by atoms with Gasteiger partial charge in [-0.3, -0.25) is 4.79 Å². The van der Waals surface area contributed by atoms with Crippen LogP contribution in [0.25, 0.3) is 6.08 Å².